The number of aliphatic imine (C=N–C) groups is 1. The van der Waals surface area contributed by atoms with Gasteiger partial charge in [-0.1, -0.05) is 6.07 Å². The summed E-state index contributed by atoms with van der Waals surface area (Å²) in [6.07, 6.45) is 4.39. The van der Waals surface area contributed by atoms with Gasteiger partial charge in [0.05, 0.1) is 6.61 Å². The highest BCUT2D eigenvalue weighted by Crippen LogP contribution is 2.38. The van der Waals surface area contributed by atoms with Gasteiger partial charge in [0.25, 0.3) is 0 Å². The maximum Gasteiger partial charge on any atom is 0.227 e. The zero-order valence-electron chi connectivity index (χ0n) is 15.0. The van der Waals surface area contributed by atoms with E-state index in [-0.39, 0.29) is 5.91 Å². The Morgan fingerprint density at radius 1 is 1.44 bits per heavy atom. The minimum absolute atomic E-state index is 0.0543. The zero-order valence-corrected chi connectivity index (χ0v) is 15.0. The summed E-state index contributed by atoms with van der Waals surface area (Å²) in [5.41, 5.74) is 1.37. The molecule has 136 valence electrons. The van der Waals surface area contributed by atoms with Crippen molar-refractivity contribution in [2.75, 3.05) is 45.2 Å². The van der Waals surface area contributed by atoms with Gasteiger partial charge in [-0.15, -0.1) is 0 Å². The van der Waals surface area contributed by atoms with Gasteiger partial charge in [0.1, 0.15) is 5.82 Å². The van der Waals surface area contributed by atoms with Gasteiger partial charge in [-0.2, -0.15) is 0 Å². The van der Waals surface area contributed by atoms with E-state index in [1.165, 1.54) is 0 Å². The molecule has 2 saturated heterocycles. The second-order valence-electron chi connectivity index (χ2n) is 6.97. The van der Waals surface area contributed by atoms with Gasteiger partial charge in [0.2, 0.25) is 5.91 Å². The normalized spacial score (nSPS) is 23.3. The predicted molar refractivity (Wildman–Crippen MR) is 97.6 cm³/mol. The highest BCUT2D eigenvalue weighted by molar-refractivity contribution is 5.90. The summed E-state index contributed by atoms with van der Waals surface area (Å²) in [6.45, 7) is 6.20. The number of pyridine rings is 1. The predicted octanol–water partition coefficient (Wildman–Crippen LogP) is 1.41. The molecule has 7 heteroatoms. The van der Waals surface area contributed by atoms with Crippen molar-refractivity contribution in [1.82, 2.24) is 15.2 Å². The average Bonchev–Trinajstić information content (AvgIpc) is 3.24. The van der Waals surface area contributed by atoms with Gasteiger partial charge < -0.3 is 20.3 Å². The summed E-state index contributed by atoms with van der Waals surface area (Å²) in [4.78, 5) is 22.9. The summed E-state index contributed by atoms with van der Waals surface area (Å²) in [5.74, 6) is 1.40. The van der Waals surface area contributed by atoms with Crippen LogP contribution < -0.4 is 10.6 Å². The fourth-order valence-electron chi connectivity index (χ4n) is 3.45. The molecule has 2 aliphatic rings. The van der Waals surface area contributed by atoms with E-state index in [4.69, 9.17) is 4.74 Å². The minimum atomic E-state index is -0.0543. The molecular weight excluding hydrogens is 318 g/mol. The van der Waals surface area contributed by atoms with Gasteiger partial charge in [-0.05, 0) is 31.4 Å². The molecule has 2 fully saturated rings. The van der Waals surface area contributed by atoms with Crippen molar-refractivity contribution >= 4 is 17.7 Å². The smallest absolute Gasteiger partial charge is 0.227 e. The van der Waals surface area contributed by atoms with Crippen molar-refractivity contribution in [3.8, 4) is 0 Å². The molecule has 3 heterocycles. The first kappa shape index (κ1) is 17.7. The Kier molecular flexibility index (Phi) is 5.53. The first-order valence-corrected chi connectivity index (χ1v) is 8.86. The van der Waals surface area contributed by atoms with Crippen LogP contribution in [-0.4, -0.2) is 61.6 Å². The van der Waals surface area contributed by atoms with Crippen LogP contribution in [-0.2, 0) is 9.53 Å². The number of aryl methyl sites for hydroxylation is 1. The molecule has 25 heavy (non-hydrogen) atoms. The average molecular weight is 345 g/mol. The standard InChI is InChI=1S/C18H27N5O2/c1-14-3-4-15(21-11-14)22-16(24)5-8-20-17(19-2)23-9-6-18(12-23)7-10-25-13-18/h3-4,11H,5-10,12-13H2,1-2H3,(H,19,20)(H,21,22,24). The van der Waals surface area contributed by atoms with Crippen LogP contribution in [0.15, 0.2) is 23.3 Å². The molecule has 1 aromatic rings. The molecule has 1 amide bonds. The molecular formula is C18H27N5O2. The van der Waals surface area contributed by atoms with E-state index in [9.17, 15) is 4.79 Å². The minimum Gasteiger partial charge on any atom is -0.381 e. The molecule has 1 spiro atoms. The van der Waals surface area contributed by atoms with Crippen LogP contribution in [0.2, 0.25) is 0 Å². The third-order valence-corrected chi connectivity index (χ3v) is 4.95. The van der Waals surface area contributed by atoms with Crippen molar-refractivity contribution in [2.45, 2.75) is 26.2 Å². The quantitative estimate of drug-likeness (QED) is 0.637. The Morgan fingerprint density at radius 3 is 3.00 bits per heavy atom. The SMILES string of the molecule is CN=C(NCCC(=O)Nc1ccc(C)cn1)N1CCC2(CCOC2)C1. The number of aromatic nitrogens is 1. The van der Waals surface area contributed by atoms with E-state index < -0.39 is 0 Å². The Morgan fingerprint density at radius 2 is 2.32 bits per heavy atom. The van der Waals surface area contributed by atoms with Gasteiger partial charge in [0.15, 0.2) is 5.96 Å². The number of hydrogen-bond acceptors (Lipinski definition) is 4. The van der Waals surface area contributed by atoms with Crippen LogP contribution in [0.25, 0.3) is 0 Å². The summed E-state index contributed by atoms with van der Waals surface area (Å²) in [6, 6.07) is 3.74. The molecule has 3 rings (SSSR count). The van der Waals surface area contributed by atoms with Crippen LogP contribution in [0.1, 0.15) is 24.8 Å². The summed E-state index contributed by atoms with van der Waals surface area (Å²) in [7, 11) is 1.79. The number of amides is 1. The number of guanidine groups is 1. The number of carbonyl (C=O) groups excluding carboxylic acids is 1. The van der Waals surface area contributed by atoms with E-state index in [1.54, 1.807) is 13.2 Å². The lowest BCUT2D eigenvalue weighted by molar-refractivity contribution is -0.116. The van der Waals surface area contributed by atoms with Crippen LogP contribution in [0.5, 0.6) is 0 Å². The van der Waals surface area contributed by atoms with Crippen LogP contribution >= 0.6 is 0 Å². The Labute approximate surface area is 148 Å². The van der Waals surface area contributed by atoms with E-state index in [0.717, 1.165) is 50.7 Å². The molecule has 2 aliphatic heterocycles. The maximum atomic E-state index is 12.0. The lowest BCUT2D eigenvalue weighted by Crippen LogP contribution is -2.42. The second kappa shape index (κ2) is 7.82. The van der Waals surface area contributed by atoms with Crippen LogP contribution in [0.3, 0.4) is 0 Å². The monoisotopic (exact) mass is 345 g/mol. The van der Waals surface area contributed by atoms with Gasteiger partial charge in [-0.3, -0.25) is 9.79 Å². The number of anilines is 1. The van der Waals surface area contributed by atoms with E-state index in [2.05, 4.69) is 25.5 Å². The Bertz CT molecular complexity index is 623. The fourth-order valence-corrected chi connectivity index (χ4v) is 3.45. The third-order valence-electron chi connectivity index (χ3n) is 4.95. The Balaban J connectivity index is 1.42. The van der Waals surface area contributed by atoms with Crippen LogP contribution in [0.4, 0.5) is 5.82 Å². The topological polar surface area (TPSA) is 78.8 Å². The number of ether oxygens (including phenoxy) is 1. The van der Waals surface area contributed by atoms with Crippen molar-refractivity contribution in [2.24, 2.45) is 10.4 Å². The number of rotatable bonds is 4. The molecule has 0 aliphatic carbocycles. The highest BCUT2D eigenvalue weighted by Gasteiger charge is 2.42. The molecule has 1 atom stereocenters. The number of likely N-dealkylation sites (tertiary alicyclic amines) is 1. The molecule has 0 aromatic carbocycles. The second-order valence-corrected chi connectivity index (χ2v) is 6.97. The number of carbonyl (C=O) groups is 1. The van der Waals surface area contributed by atoms with Gasteiger partial charge in [0, 0.05) is 51.3 Å². The van der Waals surface area contributed by atoms with Crippen LogP contribution in [0, 0.1) is 12.3 Å². The van der Waals surface area contributed by atoms with E-state index in [1.807, 2.05) is 19.1 Å². The molecule has 7 nitrogen and oxygen atoms in total. The number of nitrogens with zero attached hydrogens (tertiary/aromatic N) is 3. The largest absolute Gasteiger partial charge is 0.381 e. The fraction of sp³-hybridized carbons (Fsp3) is 0.611. The molecule has 0 bridgehead atoms. The van der Waals surface area contributed by atoms with Gasteiger partial charge in [-0.25, -0.2) is 4.98 Å². The van der Waals surface area contributed by atoms with E-state index in [0.29, 0.717) is 24.2 Å². The summed E-state index contributed by atoms with van der Waals surface area (Å²) < 4.78 is 5.57. The van der Waals surface area contributed by atoms with Crippen molar-refractivity contribution in [1.29, 1.82) is 0 Å². The molecule has 0 radical (unpaired) electrons. The van der Waals surface area contributed by atoms with Crippen molar-refractivity contribution in [3.05, 3.63) is 23.9 Å². The first-order chi connectivity index (χ1) is 12.1. The first-order valence-electron chi connectivity index (χ1n) is 8.86. The number of nitrogens with one attached hydrogen (secondary N) is 2. The third kappa shape index (κ3) is 4.48. The molecule has 0 saturated carbocycles. The molecule has 1 aromatic heterocycles. The van der Waals surface area contributed by atoms with Crippen molar-refractivity contribution < 1.29 is 9.53 Å². The number of hydrogen-bond donors (Lipinski definition) is 2. The van der Waals surface area contributed by atoms with Crippen molar-refractivity contribution in [3.63, 3.8) is 0 Å². The highest BCUT2D eigenvalue weighted by atomic mass is 16.5. The summed E-state index contributed by atoms with van der Waals surface area (Å²) >= 11 is 0. The Hall–Kier alpha value is -2.15. The lowest BCUT2D eigenvalue weighted by atomic mass is 9.87. The lowest BCUT2D eigenvalue weighted by Gasteiger charge is -2.24. The summed E-state index contributed by atoms with van der Waals surface area (Å²) in [5, 5.41) is 6.11. The molecule has 2 N–H and O–H groups in total. The maximum absolute atomic E-state index is 12.0. The molecule has 1 unspecified atom stereocenters. The zero-order chi connectivity index (χ0) is 17.7. The van der Waals surface area contributed by atoms with Gasteiger partial charge >= 0.3 is 0 Å². The van der Waals surface area contributed by atoms with E-state index >= 15 is 0 Å².